The van der Waals surface area contributed by atoms with Crippen LogP contribution in [0, 0.1) is 6.92 Å². The molecule has 1 unspecified atom stereocenters. The highest BCUT2D eigenvalue weighted by Gasteiger charge is 2.12. The molecule has 4 nitrogen and oxygen atoms in total. The average molecular weight is 278 g/mol. The minimum atomic E-state index is 0.156. The number of rotatable bonds is 5. The molecule has 0 saturated carbocycles. The maximum Gasteiger partial charge on any atom is 0.162 e. The second-order valence-corrected chi connectivity index (χ2v) is 5.02. The molecule has 0 fully saturated rings. The van der Waals surface area contributed by atoms with E-state index in [-0.39, 0.29) is 6.04 Å². The number of aryl methyl sites for hydroxylation is 1. The number of ether oxygens (including phenoxy) is 2. The van der Waals surface area contributed by atoms with Gasteiger partial charge in [0.25, 0.3) is 0 Å². The van der Waals surface area contributed by atoms with Crippen LogP contribution >= 0.6 is 11.3 Å². The zero-order chi connectivity index (χ0) is 13.8. The SMILES string of the molecule is COc1cc(C)c(NC(C)c2cscn2)cc1OC. The van der Waals surface area contributed by atoms with Crippen molar-refractivity contribution >= 4 is 17.0 Å². The molecule has 1 aromatic carbocycles. The number of benzene rings is 1. The lowest BCUT2D eigenvalue weighted by Crippen LogP contribution is -2.08. The summed E-state index contributed by atoms with van der Waals surface area (Å²) >= 11 is 1.60. The third-order valence-corrected chi connectivity index (χ3v) is 3.60. The molecule has 0 aliphatic carbocycles. The first kappa shape index (κ1) is 13.7. The molecule has 0 spiro atoms. The quantitative estimate of drug-likeness (QED) is 0.906. The predicted octanol–water partition coefficient (Wildman–Crippen LogP) is 3.64. The second-order valence-electron chi connectivity index (χ2n) is 4.30. The maximum absolute atomic E-state index is 5.33. The third-order valence-electron chi connectivity index (χ3n) is 3.00. The smallest absolute Gasteiger partial charge is 0.162 e. The Balaban J connectivity index is 2.25. The zero-order valence-electron chi connectivity index (χ0n) is 11.6. The summed E-state index contributed by atoms with van der Waals surface area (Å²) in [5.41, 5.74) is 5.02. The number of nitrogens with zero attached hydrogens (tertiary/aromatic N) is 1. The van der Waals surface area contributed by atoms with Crippen molar-refractivity contribution < 1.29 is 9.47 Å². The van der Waals surface area contributed by atoms with Gasteiger partial charge in [0, 0.05) is 17.1 Å². The fourth-order valence-corrected chi connectivity index (χ4v) is 2.53. The molecule has 1 N–H and O–H groups in total. The second kappa shape index (κ2) is 5.93. The van der Waals surface area contributed by atoms with Gasteiger partial charge in [-0.05, 0) is 25.5 Å². The highest BCUT2D eigenvalue weighted by atomic mass is 32.1. The molecule has 2 rings (SSSR count). The van der Waals surface area contributed by atoms with E-state index in [1.54, 1.807) is 25.6 Å². The van der Waals surface area contributed by atoms with Gasteiger partial charge < -0.3 is 14.8 Å². The number of nitrogens with one attached hydrogen (secondary N) is 1. The Bertz CT molecular complexity index is 541. The van der Waals surface area contributed by atoms with Gasteiger partial charge in [-0.15, -0.1) is 11.3 Å². The molecule has 102 valence electrons. The van der Waals surface area contributed by atoms with Crippen LogP contribution in [-0.2, 0) is 0 Å². The highest BCUT2D eigenvalue weighted by Crippen LogP contribution is 2.34. The summed E-state index contributed by atoms with van der Waals surface area (Å²) in [6.45, 7) is 4.13. The summed E-state index contributed by atoms with van der Waals surface area (Å²) in [7, 11) is 3.28. The average Bonchev–Trinajstić information content (AvgIpc) is 2.94. The standard InChI is InChI=1S/C14H18N2O2S/c1-9-5-13(17-3)14(18-4)6-11(9)16-10(2)12-7-19-8-15-12/h5-8,10,16H,1-4H3. The van der Waals surface area contributed by atoms with Gasteiger partial charge in [0.15, 0.2) is 11.5 Å². The maximum atomic E-state index is 5.33. The summed E-state index contributed by atoms with van der Waals surface area (Å²) in [6, 6.07) is 4.08. The Kier molecular flexibility index (Phi) is 4.27. The molecular formula is C14H18N2O2S. The largest absolute Gasteiger partial charge is 0.493 e. The summed E-state index contributed by atoms with van der Waals surface area (Å²) in [6.07, 6.45) is 0. The first-order valence-electron chi connectivity index (χ1n) is 6.03. The lowest BCUT2D eigenvalue weighted by atomic mass is 10.1. The fourth-order valence-electron chi connectivity index (χ4n) is 1.88. The molecule has 5 heteroatoms. The van der Waals surface area contributed by atoms with Crippen molar-refractivity contribution in [3.8, 4) is 11.5 Å². The monoisotopic (exact) mass is 278 g/mol. The van der Waals surface area contributed by atoms with E-state index in [0.29, 0.717) is 0 Å². The van der Waals surface area contributed by atoms with Gasteiger partial charge in [-0.25, -0.2) is 4.98 Å². The summed E-state index contributed by atoms with van der Waals surface area (Å²) in [4.78, 5) is 4.32. The summed E-state index contributed by atoms with van der Waals surface area (Å²) < 4.78 is 10.6. The van der Waals surface area contributed by atoms with Gasteiger partial charge in [-0.2, -0.15) is 0 Å². The van der Waals surface area contributed by atoms with E-state index in [9.17, 15) is 0 Å². The van der Waals surface area contributed by atoms with Crippen LogP contribution in [0.3, 0.4) is 0 Å². The van der Waals surface area contributed by atoms with Crippen LogP contribution in [0.1, 0.15) is 24.2 Å². The first-order chi connectivity index (χ1) is 9.15. The highest BCUT2D eigenvalue weighted by molar-refractivity contribution is 7.07. The lowest BCUT2D eigenvalue weighted by Gasteiger charge is -2.17. The molecule has 2 aromatic rings. The molecule has 0 bridgehead atoms. The number of thiazole rings is 1. The summed E-state index contributed by atoms with van der Waals surface area (Å²) in [5, 5.41) is 5.50. The van der Waals surface area contributed by atoms with Gasteiger partial charge >= 0.3 is 0 Å². The van der Waals surface area contributed by atoms with E-state index < -0.39 is 0 Å². The molecular weight excluding hydrogens is 260 g/mol. The number of anilines is 1. The van der Waals surface area contributed by atoms with Crippen molar-refractivity contribution in [3.63, 3.8) is 0 Å². The Morgan fingerprint density at radius 3 is 2.47 bits per heavy atom. The predicted molar refractivity (Wildman–Crippen MR) is 78.4 cm³/mol. The minimum Gasteiger partial charge on any atom is -0.493 e. The van der Waals surface area contributed by atoms with Crippen LogP contribution in [0.25, 0.3) is 0 Å². The van der Waals surface area contributed by atoms with Crippen molar-refractivity contribution in [2.75, 3.05) is 19.5 Å². The van der Waals surface area contributed by atoms with E-state index in [0.717, 1.165) is 28.4 Å². The zero-order valence-corrected chi connectivity index (χ0v) is 12.4. The number of aromatic nitrogens is 1. The normalized spacial score (nSPS) is 12.0. The Morgan fingerprint density at radius 1 is 1.21 bits per heavy atom. The molecule has 1 heterocycles. The van der Waals surface area contributed by atoms with Crippen molar-refractivity contribution in [2.45, 2.75) is 19.9 Å². The van der Waals surface area contributed by atoms with Crippen molar-refractivity contribution in [1.29, 1.82) is 0 Å². The minimum absolute atomic E-state index is 0.156. The van der Waals surface area contributed by atoms with Crippen LogP contribution in [0.2, 0.25) is 0 Å². The number of hydrogen-bond donors (Lipinski definition) is 1. The van der Waals surface area contributed by atoms with Crippen LogP contribution in [-0.4, -0.2) is 19.2 Å². The Labute approximate surface area is 117 Å². The molecule has 19 heavy (non-hydrogen) atoms. The van der Waals surface area contributed by atoms with Crippen LogP contribution in [0.4, 0.5) is 5.69 Å². The van der Waals surface area contributed by atoms with E-state index in [4.69, 9.17) is 9.47 Å². The van der Waals surface area contributed by atoms with Crippen molar-refractivity contribution in [3.05, 3.63) is 34.3 Å². The van der Waals surface area contributed by atoms with Gasteiger partial charge in [-0.1, -0.05) is 0 Å². The van der Waals surface area contributed by atoms with E-state index in [1.807, 2.05) is 29.9 Å². The summed E-state index contributed by atoms with van der Waals surface area (Å²) in [5.74, 6) is 1.47. The molecule has 0 radical (unpaired) electrons. The molecule has 0 aliphatic rings. The van der Waals surface area contributed by atoms with E-state index >= 15 is 0 Å². The van der Waals surface area contributed by atoms with Crippen molar-refractivity contribution in [1.82, 2.24) is 4.98 Å². The van der Waals surface area contributed by atoms with Crippen molar-refractivity contribution in [2.24, 2.45) is 0 Å². The van der Waals surface area contributed by atoms with E-state index in [2.05, 4.69) is 17.2 Å². The third kappa shape index (κ3) is 2.98. The fraction of sp³-hybridized carbons (Fsp3) is 0.357. The molecule has 1 atom stereocenters. The van der Waals surface area contributed by atoms with E-state index in [1.165, 1.54) is 0 Å². The topological polar surface area (TPSA) is 43.4 Å². The van der Waals surface area contributed by atoms with Crippen LogP contribution in [0.15, 0.2) is 23.0 Å². The first-order valence-corrected chi connectivity index (χ1v) is 6.97. The molecule has 1 aromatic heterocycles. The Morgan fingerprint density at radius 2 is 1.89 bits per heavy atom. The van der Waals surface area contributed by atoms with Gasteiger partial charge in [0.2, 0.25) is 0 Å². The van der Waals surface area contributed by atoms with Gasteiger partial charge in [0.05, 0.1) is 31.5 Å². The Hall–Kier alpha value is -1.75. The van der Waals surface area contributed by atoms with Crippen LogP contribution in [0.5, 0.6) is 11.5 Å². The molecule has 0 aliphatic heterocycles. The van der Waals surface area contributed by atoms with Gasteiger partial charge in [-0.3, -0.25) is 0 Å². The molecule has 0 saturated heterocycles. The van der Waals surface area contributed by atoms with Gasteiger partial charge in [0.1, 0.15) is 0 Å². The molecule has 0 amide bonds. The number of methoxy groups -OCH3 is 2. The van der Waals surface area contributed by atoms with Crippen LogP contribution < -0.4 is 14.8 Å². The number of hydrogen-bond acceptors (Lipinski definition) is 5. The lowest BCUT2D eigenvalue weighted by molar-refractivity contribution is 0.355.